The third kappa shape index (κ3) is 3.66. The number of carbonyl (C=O) groups excluding carboxylic acids is 5. The van der Waals surface area contributed by atoms with Crippen LogP contribution in [-0.2, 0) is 23.9 Å². The summed E-state index contributed by atoms with van der Waals surface area (Å²) in [6.07, 6.45) is 1.83. The highest BCUT2D eigenvalue weighted by atomic mass is 16.5. The van der Waals surface area contributed by atoms with E-state index in [9.17, 15) is 24.0 Å². The lowest BCUT2D eigenvalue weighted by Gasteiger charge is -2.19. The summed E-state index contributed by atoms with van der Waals surface area (Å²) in [5.41, 5.74) is 4.79. The van der Waals surface area contributed by atoms with Gasteiger partial charge in [-0.05, 0) is 19.8 Å². The summed E-state index contributed by atoms with van der Waals surface area (Å²) in [6.45, 7) is 0.725. The van der Waals surface area contributed by atoms with Crippen LogP contribution in [0.15, 0.2) is 0 Å². The Hall–Kier alpha value is -2.45. The van der Waals surface area contributed by atoms with Crippen LogP contribution in [0.2, 0.25) is 0 Å². The molecule has 3 atom stereocenters. The van der Waals surface area contributed by atoms with Gasteiger partial charge in [0.05, 0.1) is 11.8 Å². The van der Waals surface area contributed by atoms with Crippen molar-refractivity contribution in [1.29, 1.82) is 0 Å². The molecule has 0 aromatic carbocycles. The van der Waals surface area contributed by atoms with Gasteiger partial charge >= 0.3 is 12.0 Å². The molecule has 0 aromatic rings. The first-order valence-electron chi connectivity index (χ1n) is 7.46. The van der Waals surface area contributed by atoms with Crippen LogP contribution in [-0.4, -0.2) is 47.3 Å². The van der Waals surface area contributed by atoms with Gasteiger partial charge in [0, 0.05) is 0 Å². The van der Waals surface area contributed by atoms with Crippen molar-refractivity contribution in [2.45, 2.75) is 38.7 Å². The number of nitrogens with two attached hydrogens (primary N) is 1. The summed E-state index contributed by atoms with van der Waals surface area (Å²) >= 11 is 0. The van der Waals surface area contributed by atoms with E-state index in [0.717, 1.165) is 17.7 Å². The van der Waals surface area contributed by atoms with Crippen molar-refractivity contribution in [2.24, 2.45) is 17.6 Å². The molecule has 1 saturated heterocycles. The minimum absolute atomic E-state index is 0.348. The Kier molecular flexibility index (Phi) is 4.97. The zero-order valence-electron chi connectivity index (χ0n) is 12.7. The standard InChI is InChI=1S/C14H19N3O6/c1-7(11(19)16-14(15)22)23-10(18)6-17-12(20)8-4-2-3-5-9(8)13(17)21/h7-9H,2-6H2,1H3,(H3,15,16,19,22)/t7-,8-,9-/m0/s1. The minimum Gasteiger partial charge on any atom is -0.451 e. The second-order valence-electron chi connectivity index (χ2n) is 5.75. The van der Waals surface area contributed by atoms with Crippen LogP contribution in [0.1, 0.15) is 32.6 Å². The molecule has 1 saturated carbocycles. The maximum absolute atomic E-state index is 12.2. The number of urea groups is 1. The quantitative estimate of drug-likeness (QED) is 0.517. The Labute approximate surface area is 132 Å². The van der Waals surface area contributed by atoms with E-state index in [1.54, 1.807) is 5.32 Å². The molecule has 2 fully saturated rings. The molecule has 5 amide bonds. The topological polar surface area (TPSA) is 136 Å². The molecule has 2 aliphatic rings. The van der Waals surface area contributed by atoms with E-state index >= 15 is 0 Å². The molecule has 126 valence electrons. The lowest BCUT2D eigenvalue weighted by molar-refractivity contribution is -0.159. The number of hydrogen-bond acceptors (Lipinski definition) is 6. The molecular weight excluding hydrogens is 306 g/mol. The lowest BCUT2D eigenvalue weighted by atomic mass is 9.81. The molecule has 0 radical (unpaired) electrons. The fraction of sp³-hybridized carbons (Fsp3) is 0.643. The first kappa shape index (κ1) is 16.9. The van der Waals surface area contributed by atoms with Crippen molar-refractivity contribution in [3.63, 3.8) is 0 Å². The molecule has 3 N–H and O–H groups in total. The number of primary amides is 1. The molecule has 0 spiro atoms. The minimum atomic E-state index is -1.26. The van der Waals surface area contributed by atoms with Gasteiger partial charge in [-0.1, -0.05) is 12.8 Å². The molecule has 0 aromatic heterocycles. The number of fused-ring (bicyclic) bond motifs is 1. The Bertz CT molecular complexity index is 537. The van der Waals surface area contributed by atoms with Crippen molar-refractivity contribution in [3.05, 3.63) is 0 Å². The Morgan fingerprint density at radius 2 is 1.74 bits per heavy atom. The molecule has 0 unspecified atom stereocenters. The number of nitrogens with zero attached hydrogens (tertiary/aromatic N) is 1. The van der Waals surface area contributed by atoms with Crippen molar-refractivity contribution < 1.29 is 28.7 Å². The first-order chi connectivity index (χ1) is 10.8. The largest absolute Gasteiger partial charge is 0.451 e. The number of rotatable bonds is 4. The molecule has 1 heterocycles. The van der Waals surface area contributed by atoms with E-state index in [0.29, 0.717) is 12.8 Å². The third-order valence-corrected chi connectivity index (χ3v) is 4.14. The van der Waals surface area contributed by atoms with Gasteiger partial charge in [0.2, 0.25) is 11.8 Å². The zero-order valence-corrected chi connectivity index (χ0v) is 12.7. The molecule has 9 heteroatoms. The van der Waals surface area contributed by atoms with Crippen LogP contribution in [0.3, 0.4) is 0 Å². The van der Waals surface area contributed by atoms with E-state index in [4.69, 9.17) is 10.5 Å². The summed E-state index contributed by atoms with van der Waals surface area (Å²) in [5, 5.41) is 1.77. The molecule has 9 nitrogen and oxygen atoms in total. The van der Waals surface area contributed by atoms with E-state index < -0.39 is 30.6 Å². The molecular formula is C14H19N3O6. The Balaban J connectivity index is 1.92. The number of nitrogens with one attached hydrogen (secondary N) is 1. The predicted molar refractivity (Wildman–Crippen MR) is 75.4 cm³/mol. The van der Waals surface area contributed by atoms with Crippen LogP contribution < -0.4 is 11.1 Å². The summed E-state index contributed by atoms with van der Waals surface area (Å²) in [6, 6.07) is -1.06. The molecule has 1 aliphatic carbocycles. The fourth-order valence-corrected chi connectivity index (χ4v) is 3.03. The first-order valence-corrected chi connectivity index (χ1v) is 7.46. The molecule has 1 aliphatic heterocycles. The van der Waals surface area contributed by atoms with Gasteiger partial charge < -0.3 is 10.5 Å². The van der Waals surface area contributed by atoms with Gasteiger partial charge in [-0.25, -0.2) is 4.79 Å². The number of carbonyl (C=O) groups is 5. The summed E-state index contributed by atoms with van der Waals surface area (Å²) in [7, 11) is 0. The van der Waals surface area contributed by atoms with Gasteiger partial charge in [0.25, 0.3) is 5.91 Å². The average molecular weight is 325 g/mol. The molecule has 23 heavy (non-hydrogen) atoms. The maximum atomic E-state index is 12.2. The van der Waals surface area contributed by atoms with Gasteiger partial charge in [-0.3, -0.25) is 29.4 Å². The zero-order chi connectivity index (χ0) is 17.1. The summed E-state index contributed by atoms with van der Waals surface area (Å²) in [5.74, 6) is -3.17. The van der Waals surface area contributed by atoms with E-state index in [-0.39, 0.29) is 23.7 Å². The Morgan fingerprint density at radius 1 is 1.22 bits per heavy atom. The van der Waals surface area contributed by atoms with Crippen LogP contribution in [0.5, 0.6) is 0 Å². The van der Waals surface area contributed by atoms with Gasteiger partial charge in [0.15, 0.2) is 6.10 Å². The highest BCUT2D eigenvalue weighted by Gasteiger charge is 2.48. The number of likely N-dealkylation sites (tertiary alicyclic amines) is 1. The van der Waals surface area contributed by atoms with Crippen LogP contribution in [0.25, 0.3) is 0 Å². The highest BCUT2D eigenvalue weighted by molar-refractivity contribution is 6.07. The number of amides is 5. The van der Waals surface area contributed by atoms with Crippen molar-refractivity contribution in [3.8, 4) is 0 Å². The van der Waals surface area contributed by atoms with Crippen LogP contribution in [0.4, 0.5) is 4.79 Å². The predicted octanol–water partition coefficient (Wildman–Crippen LogP) is -0.712. The Morgan fingerprint density at radius 3 is 2.22 bits per heavy atom. The summed E-state index contributed by atoms with van der Waals surface area (Å²) < 4.78 is 4.82. The number of esters is 1. The molecule has 2 rings (SSSR count). The van der Waals surface area contributed by atoms with Gasteiger partial charge in [-0.15, -0.1) is 0 Å². The highest BCUT2D eigenvalue weighted by Crippen LogP contribution is 2.37. The van der Waals surface area contributed by atoms with Crippen LogP contribution in [0, 0.1) is 11.8 Å². The second kappa shape index (κ2) is 6.76. The normalized spacial score (nSPS) is 24.8. The third-order valence-electron chi connectivity index (χ3n) is 4.14. The lowest BCUT2D eigenvalue weighted by Crippen LogP contribution is -2.44. The van der Waals surface area contributed by atoms with Crippen molar-refractivity contribution >= 4 is 29.7 Å². The monoisotopic (exact) mass is 325 g/mol. The SMILES string of the molecule is C[C@H](OC(=O)CN1C(=O)[C@H]2CCCC[C@@H]2C1=O)C(=O)NC(N)=O. The average Bonchev–Trinajstić information content (AvgIpc) is 2.72. The van der Waals surface area contributed by atoms with Crippen molar-refractivity contribution in [2.75, 3.05) is 6.54 Å². The number of ether oxygens (including phenoxy) is 1. The maximum Gasteiger partial charge on any atom is 0.326 e. The van der Waals surface area contributed by atoms with Crippen LogP contribution >= 0.6 is 0 Å². The number of hydrogen-bond donors (Lipinski definition) is 2. The molecule has 0 bridgehead atoms. The van der Waals surface area contributed by atoms with Crippen molar-refractivity contribution in [1.82, 2.24) is 10.2 Å². The summed E-state index contributed by atoms with van der Waals surface area (Å²) in [4.78, 5) is 59.1. The smallest absolute Gasteiger partial charge is 0.326 e. The van der Waals surface area contributed by atoms with E-state index in [1.165, 1.54) is 6.92 Å². The van der Waals surface area contributed by atoms with E-state index in [1.807, 2.05) is 0 Å². The van der Waals surface area contributed by atoms with E-state index in [2.05, 4.69) is 0 Å². The second-order valence-corrected chi connectivity index (χ2v) is 5.75. The fourth-order valence-electron chi connectivity index (χ4n) is 3.03. The number of imide groups is 2. The van der Waals surface area contributed by atoms with Gasteiger partial charge in [-0.2, -0.15) is 0 Å². The van der Waals surface area contributed by atoms with Gasteiger partial charge in [0.1, 0.15) is 6.54 Å².